The van der Waals surface area contributed by atoms with Crippen LogP contribution in [0.4, 0.5) is 0 Å². The van der Waals surface area contributed by atoms with Gasteiger partial charge in [-0.2, -0.15) is 0 Å². The van der Waals surface area contributed by atoms with E-state index in [0.717, 1.165) is 16.7 Å². The van der Waals surface area contributed by atoms with E-state index in [2.05, 4.69) is 12.7 Å². The summed E-state index contributed by atoms with van der Waals surface area (Å²) in [7, 11) is 0. The molecule has 0 fully saturated rings. The highest BCUT2D eigenvalue weighted by Gasteiger charge is 2.03. The van der Waals surface area contributed by atoms with E-state index in [1.807, 2.05) is 48.6 Å². The van der Waals surface area contributed by atoms with Gasteiger partial charge in [0.25, 0.3) is 0 Å². The zero-order valence-electron chi connectivity index (χ0n) is 11.2. The van der Waals surface area contributed by atoms with Gasteiger partial charge in [0, 0.05) is 5.92 Å². The number of benzene rings is 2. The van der Waals surface area contributed by atoms with Crippen molar-refractivity contribution in [1.29, 1.82) is 0 Å². The molecule has 102 valence electrons. The number of phenolic OH excluding ortho intramolecular Hbond substituents is 1. The van der Waals surface area contributed by atoms with Crippen LogP contribution in [0.3, 0.4) is 0 Å². The Labute approximate surface area is 119 Å². The molecule has 0 radical (unpaired) electrons. The Hall–Kier alpha value is -2.32. The van der Waals surface area contributed by atoms with Crippen LogP contribution in [-0.4, -0.2) is 10.2 Å². The van der Waals surface area contributed by atoms with E-state index < -0.39 is 0 Å². The van der Waals surface area contributed by atoms with Crippen LogP contribution in [0, 0.1) is 0 Å². The van der Waals surface area contributed by atoms with Crippen LogP contribution in [0.1, 0.15) is 22.6 Å². The van der Waals surface area contributed by atoms with Crippen molar-refractivity contribution in [3.05, 3.63) is 84.0 Å². The Morgan fingerprint density at radius 2 is 1.65 bits per heavy atom. The second-order valence-corrected chi connectivity index (χ2v) is 4.61. The zero-order valence-corrected chi connectivity index (χ0v) is 11.2. The molecule has 0 aliphatic heterocycles. The summed E-state index contributed by atoms with van der Waals surface area (Å²) in [5.41, 5.74) is 3.06. The Kier molecular flexibility index (Phi) is 4.75. The van der Waals surface area contributed by atoms with Crippen molar-refractivity contribution in [2.75, 3.05) is 0 Å². The number of hydrogen-bond donors (Lipinski definition) is 2. The third-order valence-corrected chi connectivity index (χ3v) is 3.19. The van der Waals surface area contributed by atoms with Crippen LogP contribution in [0.25, 0.3) is 6.08 Å². The molecule has 2 N–H and O–H groups in total. The maximum atomic E-state index is 9.30. The maximum Gasteiger partial charge on any atom is 0.115 e. The minimum atomic E-state index is 0.0623. The Morgan fingerprint density at radius 3 is 2.20 bits per heavy atom. The Morgan fingerprint density at radius 1 is 1.00 bits per heavy atom. The molecule has 2 aromatic carbocycles. The minimum Gasteiger partial charge on any atom is -0.508 e. The highest BCUT2D eigenvalue weighted by Crippen LogP contribution is 2.22. The molecule has 0 bridgehead atoms. The van der Waals surface area contributed by atoms with E-state index >= 15 is 0 Å². The Balaban J connectivity index is 2.14. The van der Waals surface area contributed by atoms with Crippen molar-refractivity contribution in [3.8, 4) is 5.75 Å². The van der Waals surface area contributed by atoms with Crippen molar-refractivity contribution >= 4 is 6.08 Å². The first-order valence-corrected chi connectivity index (χ1v) is 6.52. The van der Waals surface area contributed by atoms with E-state index in [4.69, 9.17) is 5.11 Å². The lowest BCUT2D eigenvalue weighted by Crippen LogP contribution is -1.90. The molecule has 0 aliphatic rings. The summed E-state index contributed by atoms with van der Waals surface area (Å²) in [4.78, 5) is 0. The molecular formula is C18H18O2. The summed E-state index contributed by atoms with van der Waals surface area (Å²) in [5.74, 6) is 0.369. The van der Waals surface area contributed by atoms with E-state index in [1.165, 1.54) is 0 Å². The van der Waals surface area contributed by atoms with Gasteiger partial charge in [0.15, 0.2) is 0 Å². The van der Waals surface area contributed by atoms with Crippen LogP contribution >= 0.6 is 0 Å². The van der Waals surface area contributed by atoms with Gasteiger partial charge in [0.2, 0.25) is 0 Å². The van der Waals surface area contributed by atoms with Gasteiger partial charge in [-0.15, -0.1) is 6.58 Å². The number of aromatic hydroxyl groups is 1. The predicted octanol–water partition coefficient (Wildman–Crippen LogP) is 3.87. The monoisotopic (exact) mass is 266 g/mol. The van der Waals surface area contributed by atoms with Crippen molar-refractivity contribution < 1.29 is 10.2 Å². The average molecular weight is 266 g/mol. The lowest BCUT2D eigenvalue weighted by Gasteiger charge is -2.08. The molecule has 0 aliphatic carbocycles. The first-order valence-electron chi connectivity index (χ1n) is 6.52. The standard InChI is InChI=1S/C18H18O2/c1-2-16(17-9-11-18(20)12-10-17)8-7-14-3-5-15(13-19)6-4-14/h2-12,16,19-20H,1,13H2/b8-7-/t16-/m1/s1. The lowest BCUT2D eigenvalue weighted by molar-refractivity contribution is 0.282. The second kappa shape index (κ2) is 6.73. The molecule has 2 aromatic rings. The normalized spacial score (nSPS) is 12.4. The summed E-state index contributed by atoms with van der Waals surface area (Å²) in [6, 6.07) is 14.9. The topological polar surface area (TPSA) is 40.5 Å². The molecule has 20 heavy (non-hydrogen) atoms. The van der Waals surface area contributed by atoms with Crippen LogP contribution < -0.4 is 0 Å². The number of aliphatic hydroxyl groups is 1. The molecule has 0 amide bonds. The fraction of sp³-hybridized carbons (Fsp3) is 0.111. The van der Waals surface area contributed by atoms with Crippen LogP contribution in [0.15, 0.2) is 67.3 Å². The van der Waals surface area contributed by atoms with Crippen molar-refractivity contribution in [2.45, 2.75) is 12.5 Å². The maximum absolute atomic E-state index is 9.30. The lowest BCUT2D eigenvalue weighted by atomic mass is 9.97. The van der Waals surface area contributed by atoms with Gasteiger partial charge in [-0.05, 0) is 28.8 Å². The summed E-state index contributed by atoms with van der Waals surface area (Å²) >= 11 is 0. The first kappa shape index (κ1) is 14.1. The summed E-state index contributed by atoms with van der Waals surface area (Å²) in [6.45, 7) is 3.91. The summed E-state index contributed by atoms with van der Waals surface area (Å²) in [6.07, 6.45) is 5.96. The third kappa shape index (κ3) is 3.59. The molecule has 0 saturated heterocycles. The highest BCUT2D eigenvalue weighted by molar-refractivity contribution is 5.52. The minimum absolute atomic E-state index is 0.0623. The molecule has 0 heterocycles. The third-order valence-electron chi connectivity index (χ3n) is 3.19. The van der Waals surface area contributed by atoms with Gasteiger partial charge in [0.05, 0.1) is 6.61 Å². The Bertz CT molecular complexity index is 580. The number of hydrogen-bond acceptors (Lipinski definition) is 2. The SMILES string of the molecule is C=C[C@H](/C=C\c1ccc(CO)cc1)c1ccc(O)cc1. The number of rotatable bonds is 5. The first-order chi connectivity index (χ1) is 9.72. The van der Waals surface area contributed by atoms with Gasteiger partial charge in [-0.1, -0.05) is 54.6 Å². The van der Waals surface area contributed by atoms with Crippen LogP contribution in [-0.2, 0) is 6.61 Å². The van der Waals surface area contributed by atoms with Crippen LogP contribution in [0.2, 0.25) is 0 Å². The fourth-order valence-corrected chi connectivity index (χ4v) is 1.97. The van der Waals surface area contributed by atoms with E-state index in [1.54, 1.807) is 12.1 Å². The number of allylic oxidation sites excluding steroid dienone is 2. The molecule has 0 spiro atoms. The van der Waals surface area contributed by atoms with E-state index in [-0.39, 0.29) is 18.3 Å². The summed E-state index contributed by atoms with van der Waals surface area (Å²) in [5, 5.41) is 18.3. The molecule has 0 unspecified atom stereocenters. The quantitative estimate of drug-likeness (QED) is 0.807. The van der Waals surface area contributed by atoms with E-state index in [0.29, 0.717) is 0 Å². The largest absolute Gasteiger partial charge is 0.508 e. The zero-order chi connectivity index (χ0) is 14.4. The number of phenols is 1. The molecule has 1 atom stereocenters. The van der Waals surface area contributed by atoms with Gasteiger partial charge in [-0.3, -0.25) is 0 Å². The van der Waals surface area contributed by atoms with Gasteiger partial charge < -0.3 is 10.2 Å². The fourth-order valence-electron chi connectivity index (χ4n) is 1.97. The highest BCUT2D eigenvalue weighted by atomic mass is 16.3. The molecule has 0 saturated carbocycles. The smallest absolute Gasteiger partial charge is 0.115 e. The number of aliphatic hydroxyl groups excluding tert-OH is 1. The molecular weight excluding hydrogens is 248 g/mol. The van der Waals surface area contributed by atoms with Gasteiger partial charge in [0.1, 0.15) is 5.75 Å². The van der Waals surface area contributed by atoms with Crippen LogP contribution in [0.5, 0.6) is 5.75 Å². The van der Waals surface area contributed by atoms with Gasteiger partial charge >= 0.3 is 0 Å². The molecule has 0 aromatic heterocycles. The molecule has 2 rings (SSSR count). The van der Waals surface area contributed by atoms with E-state index in [9.17, 15) is 5.11 Å². The summed E-state index contributed by atoms with van der Waals surface area (Å²) < 4.78 is 0. The average Bonchev–Trinajstić information content (AvgIpc) is 2.50. The van der Waals surface area contributed by atoms with Crippen molar-refractivity contribution in [3.63, 3.8) is 0 Å². The van der Waals surface area contributed by atoms with Crippen molar-refractivity contribution in [1.82, 2.24) is 0 Å². The van der Waals surface area contributed by atoms with Crippen molar-refractivity contribution in [2.24, 2.45) is 0 Å². The second-order valence-electron chi connectivity index (χ2n) is 4.61. The molecule has 2 nitrogen and oxygen atoms in total. The molecule has 2 heteroatoms. The van der Waals surface area contributed by atoms with Gasteiger partial charge in [-0.25, -0.2) is 0 Å². The predicted molar refractivity (Wildman–Crippen MR) is 82.4 cm³/mol.